The number of nitrogens with zero attached hydrogens (tertiary/aromatic N) is 2. The molecule has 0 atom stereocenters. The molecule has 2 heterocycles. The Hall–Kier alpha value is -3.52. The van der Waals surface area contributed by atoms with Crippen LogP contribution in [0.4, 0.5) is 5.13 Å². The number of carbonyl (C=O) groups excluding carboxylic acids is 2. The van der Waals surface area contributed by atoms with E-state index in [4.69, 9.17) is 4.74 Å². The zero-order valence-corrected chi connectivity index (χ0v) is 18.9. The van der Waals surface area contributed by atoms with Crippen LogP contribution < -0.4 is 10.9 Å². The van der Waals surface area contributed by atoms with Gasteiger partial charge in [0, 0.05) is 24.4 Å². The summed E-state index contributed by atoms with van der Waals surface area (Å²) in [5.74, 6) is -0.622. The fourth-order valence-electron chi connectivity index (χ4n) is 3.72. The third-order valence-corrected chi connectivity index (χ3v) is 6.18. The number of aryl methyl sites for hydroxylation is 3. The van der Waals surface area contributed by atoms with Gasteiger partial charge in [-0.2, -0.15) is 0 Å². The second-order valence-electron chi connectivity index (χ2n) is 7.51. The Labute approximate surface area is 188 Å². The van der Waals surface area contributed by atoms with Crippen LogP contribution in [-0.2, 0) is 16.1 Å². The van der Waals surface area contributed by atoms with Crippen LogP contribution in [0.3, 0.4) is 0 Å². The van der Waals surface area contributed by atoms with Crippen molar-refractivity contribution in [2.75, 3.05) is 11.9 Å². The number of ether oxygens (including phenoxy) is 1. The van der Waals surface area contributed by atoms with Gasteiger partial charge >= 0.3 is 5.97 Å². The SMILES string of the molecule is CCOC(=O)c1ccc2nc(NC(=O)CCn3c(=O)cc(C)c4cccc(C)c43)sc2c1. The maximum atomic E-state index is 12.6. The van der Waals surface area contributed by atoms with E-state index in [0.29, 0.717) is 22.8 Å². The van der Waals surface area contributed by atoms with Crippen LogP contribution in [0.15, 0.2) is 47.3 Å². The molecular formula is C24H23N3O4S. The average molecular weight is 450 g/mol. The van der Waals surface area contributed by atoms with Crippen molar-refractivity contribution in [3.63, 3.8) is 0 Å². The van der Waals surface area contributed by atoms with Crippen LogP contribution in [0.5, 0.6) is 0 Å². The van der Waals surface area contributed by atoms with Crippen LogP contribution in [0.2, 0.25) is 0 Å². The molecule has 32 heavy (non-hydrogen) atoms. The molecule has 2 aromatic carbocycles. The number of nitrogens with one attached hydrogen (secondary N) is 1. The van der Waals surface area contributed by atoms with Crippen molar-refractivity contribution in [1.82, 2.24) is 9.55 Å². The average Bonchev–Trinajstić information content (AvgIpc) is 3.15. The minimum absolute atomic E-state index is 0.122. The summed E-state index contributed by atoms with van der Waals surface area (Å²) < 4.78 is 7.46. The van der Waals surface area contributed by atoms with E-state index in [2.05, 4.69) is 10.3 Å². The highest BCUT2D eigenvalue weighted by molar-refractivity contribution is 7.22. The molecule has 0 bridgehead atoms. The number of fused-ring (bicyclic) bond motifs is 2. The zero-order chi connectivity index (χ0) is 22.8. The molecule has 1 amide bonds. The maximum absolute atomic E-state index is 12.6. The van der Waals surface area contributed by atoms with E-state index in [1.165, 1.54) is 11.3 Å². The lowest BCUT2D eigenvalue weighted by Gasteiger charge is -2.13. The number of benzene rings is 2. The van der Waals surface area contributed by atoms with Gasteiger partial charge in [-0.15, -0.1) is 0 Å². The van der Waals surface area contributed by atoms with E-state index in [0.717, 1.165) is 26.7 Å². The Kier molecular flexibility index (Phi) is 6.05. The molecule has 0 saturated carbocycles. The summed E-state index contributed by atoms with van der Waals surface area (Å²) in [7, 11) is 0. The van der Waals surface area contributed by atoms with Gasteiger partial charge in [0.2, 0.25) is 5.91 Å². The molecule has 8 heteroatoms. The molecule has 0 aliphatic carbocycles. The lowest BCUT2D eigenvalue weighted by molar-refractivity contribution is -0.116. The summed E-state index contributed by atoms with van der Waals surface area (Å²) in [4.78, 5) is 41.5. The predicted molar refractivity (Wildman–Crippen MR) is 127 cm³/mol. The summed E-state index contributed by atoms with van der Waals surface area (Å²) >= 11 is 1.29. The summed E-state index contributed by atoms with van der Waals surface area (Å²) in [5, 5.41) is 4.26. The van der Waals surface area contributed by atoms with Crippen LogP contribution in [0.25, 0.3) is 21.1 Å². The molecule has 0 radical (unpaired) electrons. The summed E-state index contributed by atoms with van der Waals surface area (Å²) in [6.07, 6.45) is 0.135. The number of amides is 1. The predicted octanol–water partition coefficient (Wildman–Crippen LogP) is 4.43. The van der Waals surface area contributed by atoms with Gasteiger partial charge in [-0.05, 0) is 50.1 Å². The van der Waals surface area contributed by atoms with E-state index < -0.39 is 0 Å². The number of anilines is 1. The number of hydrogen-bond acceptors (Lipinski definition) is 6. The Morgan fingerprint density at radius 2 is 1.94 bits per heavy atom. The van der Waals surface area contributed by atoms with Gasteiger partial charge < -0.3 is 14.6 Å². The number of pyridine rings is 1. The number of carbonyl (C=O) groups is 2. The fraction of sp³-hybridized carbons (Fsp3) is 0.250. The number of rotatable bonds is 6. The number of esters is 1. The number of para-hydroxylation sites is 1. The Balaban J connectivity index is 1.51. The quantitative estimate of drug-likeness (QED) is 0.440. The van der Waals surface area contributed by atoms with E-state index in [-0.39, 0.29) is 30.4 Å². The number of aromatic nitrogens is 2. The molecule has 1 N–H and O–H groups in total. The first-order valence-electron chi connectivity index (χ1n) is 10.3. The first-order valence-corrected chi connectivity index (χ1v) is 11.2. The first kappa shape index (κ1) is 21.7. The van der Waals surface area contributed by atoms with Crippen molar-refractivity contribution in [3.05, 3.63) is 69.5 Å². The third-order valence-electron chi connectivity index (χ3n) is 5.25. The van der Waals surface area contributed by atoms with E-state index in [1.54, 1.807) is 35.8 Å². The minimum Gasteiger partial charge on any atom is -0.462 e. The molecule has 0 saturated heterocycles. The molecule has 0 aliphatic rings. The monoisotopic (exact) mass is 449 g/mol. The molecule has 4 rings (SSSR count). The van der Waals surface area contributed by atoms with Crippen molar-refractivity contribution in [2.45, 2.75) is 33.7 Å². The Morgan fingerprint density at radius 3 is 2.72 bits per heavy atom. The summed E-state index contributed by atoms with van der Waals surface area (Å²) in [6, 6.07) is 12.6. The normalized spacial score (nSPS) is 11.1. The van der Waals surface area contributed by atoms with Gasteiger partial charge in [0.1, 0.15) is 0 Å². The molecule has 7 nitrogen and oxygen atoms in total. The van der Waals surface area contributed by atoms with Gasteiger partial charge in [-0.25, -0.2) is 9.78 Å². The van der Waals surface area contributed by atoms with Crippen LogP contribution in [0, 0.1) is 13.8 Å². The van der Waals surface area contributed by atoms with Gasteiger partial charge in [0.25, 0.3) is 5.56 Å². The highest BCUT2D eigenvalue weighted by Crippen LogP contribution is 2.27. The molecule has 4 aromatic rings. The Bertz CT molecular complexity index is 1400. The van der Waals surface area contributed by atoms with Crippen LogP contribution in [-0.4, -0.2) is 28.0 Å². The number of hydrogen-bond donors (Lipinski definition) is 1. The second-order valence-corrected chi connectivity index (χ2v) is 8.54. The fourth-order valence-corrected chi connectivity index (χ4v) is 4.64. The minimum atomic E-state index is -0.389. The summed E-state index contributed by atoms with van der Waals surface area (Å²) in [5.41, 5.74) is 3.79. The van der Waals surface area contributed by atoms with Crippen molar-refractivity contribution < 1.29 is 14.3 Å². The highest BCUT2D eigenvalue weighted by atomic mass is 32.1. The maximum Gasteiger partial charge on any atom is 0.338 e. The molecule has 164 valence electrons. The van der Waals surface area contributed by atoms with Gasteiger partial charge in [0.05, 0.1) is 27.9 Å². The highest BCUT2D eigenvalue weighted by Gasteiger charge is 2.14. The molecule has 0 spiro atoms. The lowest BCUT2D eigenvalue weighted by atomic mass is 10.1. The van der Waals surface area contributed by atoms with Crippen molar-refractivity contribution >= 4 is 49.5 Å². The first-order chi connectivity index (χ1) is 15.4. The van der Waals surface area contributed by atoms with Gasteiger partial charge in [-0.3, -0.25) is 9.59 Å². The van der Waals surface area contributed by atoms with E-state index >= 15 is 0 Å². The third kappa shape index (κ3) is 4.27. The largest absolute Gasteiger partial charge is 0.462 e. The molecule has 0 aliphatic heterocycles. The van der Waals surface area contributed by atoms with Crippen molar-refractivity contribution in [3.8, 4) is 0 Å². The number of thiazole rings is 1. The van der Waals surface area contributed by atoms with Crippen molar-refractivity contribution in [2.24, 2.45) is 0 Å². The zero-order valence-electron chi connectivity index (χ0n) is 18.1. The van der Waals surface area contributed by atoms with Gasteiger partial charge in [0.15, 0.2) is 5.13 Å². The smallest absolute Gasteiger partial charge is 0.338 e. The Morgan fingerprint density at radius 1 is 1.12 bits per heavy atom. The van der Waals surface area contributed by atoms with Crippen LogP contribution >= 0.6 is 11.3 Å². The second kappa shape index (κ2) is 8.92. The summed E-state index contributed by atoms with van der Waals surface area (Å²) in [6.45, 7) is 6.21. The molecular weight excluding hydrogens is 426 g/mol. The van der Waals surface area contributed by atoms with E-state index in [9.17, 15) is 14.4 Å². The van der Waals surface area contributed by atoms with Gasteiger partial charge in [-0.1, -0.05) is 29.5 Å². The van der Waals surface area contributed by atoms with Crippen molar-refractivity contribution in [1.29, 1.82) is 0 Å². The molecule has 0 fully saturated rings. The molecule has 0 unspecified atom stereocenters. The van der Waals surface area contributed by atoms with Crippen LogP contribution in [0.1, 0.15) is 34.8 Å². The standard InChI is InChI=1S/C24H23N3O4S/c1-4-31-23(30)16-8-9-18-19(13-16)32-24(25-18)26-20(28)10-11-27-21(29)12-15(3)17-7-5-6-14(2)22(17)27/h5-9,12-13H,4,10-11H2,1-3H3,(H,25,26,28). The molecule has 2 aromatic heterocycles. The topological polar surface area (TPSA) is 90.3 Å². The lowest BCUT2D eigenvalue weighted by Crippen LogP contribution is -2.24. The van der Waals surface area contributed by atoms with E-state index in [1.807, 2.05) is 32.0 Å².